The highest BCUT2D eigenvalue weighted by atomic mass is 31.2. The maximum atomic E-state index is 12.3. The molecule has 0 aromatic heterocycles. The highest BCUT2D eigenvalue weighted by molar-refractivity contribution is 7.47. The van der Waals surface area contributed by atoms with Gasteiger partial charge in [0.1, 0.15) is 19.5 Å². The molecule has 0 spiro atoms. The lowest BCUT2D eigenvalue weighted by molar-refractivity contribution is -0.156. The normalized spacial score (nSPS) is 13.8. The van der Waals surface area contributed by atoms with E-state index >= 15 is 0 Å². The summed E-state index contributed by atoms with van der Waals surface area (Å²) in [7, 11) is -4.28. The van der Waals surface area contributed by atoms with E-state index in [1.807, 2.05) is 0 Å². The summed E-state index contributed by atoms with van der Waals surface area (Å²) in [5, 5.41) is 0. The van der Waals surface area contributed by atoms with Crippen LogP contribution < -0.4 is 5.73 Å². The van der Waals surface area contributed by atoms with E-state index in [1.54, 1.807) is 0 Å². The SMILES string of the molecule is CCCC/C=C\CCCCCCCCCCC(=O)OC[C@@H](COP(=O)(O)OCCN)OCOCCCCCCCCCC/C=C/CCCC. The number of hydrogen-bond acceptors (Lipinski definition) is 8. The number of unbranched alkanes of at least 4 members (excludes halogenated alkanes) is 20. The first-order valence-corrected chi connectivity index (χ1v) is 21.4. The number of phosphoric ester groups is 1. The Morgan fingerprint density at radius 3 is 1.61 bits per heavy atom. The summed E-state index contributed by atoms with van der Waals surface area (Å²) in [6.45, 7) is 4.61. The molecule has 0 aliphatic carbocycles. The van der Waals surface area contributed by atoms with E-state index in [4.69, 9.17) is 29.0 Å². The first-order valence-electron chi connectivity index (χ1n) is 19.9. The minimum absolute atomic E-state index is 0.0203. The minimum Gasteiger partial charge on any atom is -0.463 e. The van der Waals surface area contributed by atoms with Crippen molar-refractivity contribution < 1.29 is 37.5 Å². The third-order valence-electron chi connectivity index (χ3n) is 8.31. The molecule has 1 unspecified atom stereocenters. The van der Waals surface area contributed by atoms with E-state index < -0.39 is 13.9 Å². The zero-order chi connectivity index (χ0) is 35.9. The summed E-state index contributed by atoms with van der Waals surface area (Å²) in [4.78, 5) is 22.2. The van der Waals surface area contributed by atoms with Crippen LogP contribution >= 0.6 is 7.82 Å². The lowest BCUT2D eigenvalue weighted by Crippen LogP contribution is -2.28. The predicted octanol–water partition coefficient (Wildman–Crippen LogP) is 10.9. The molecular formula is C39H76NO8P. The molecule has 0 fully saturated rings. The number of carbonyl (C=O) groups excluding carboxylic acids is 1. The van der Waals surface area contributed by atoms with Crippen LogP contribution in [0.3, 0.4) is 0 Å². The molecule has 0 aliphatic heterocycles. The average molecular weight is 718 g/mol. The van der Waals surface area contributed by atoms with Crippen LogP contribution in [0.4, 0.5) is 0 Å². The van der Waals surface area contributed by atoms with E-state index in [0.29, 0.717) is 13.0 Å². The van der Waals surface area contributed by atoms with Crippen molar-refractivity contribution in [3.8, 4) is 0 Å². The molecule has 0 saturated heterocycles. The molecule has 0 rings (SSSR count). The maximum Gasteiger partial charge on any atom is 0.472 e. The van der Waals surface area contributed by atoms with E-state index in [-0.39, 0.29) is 39.1 Å². The van der Waals surface area contributed by atoms with Crippen LogP contribution in [0.2, 0.25) is 0 Å². The monoisotopic (exact) mass is 718 g/mol. The quantitative estimate of drug-likeness (QED) is 0.0210. The van der Waals surface area contributed by atoms with Gasteiger partial charge in [-0.25, -0.2) is 4.57 Å². The number of carbonyl (C=O) groups is 1. The van der Waals surface area contributed by atoms with Crippen LogP contribution in [-0.4, -0.2) is 56.7 Å². The van der Waals surface area contributed by atoms with E-state index in [9.17, 15) is 14.3 Å². The van der Waals surface area contributed by atoms with Gasteiger partial charge < -0.3 is 24.8 Å². The summed E-state index contributed by atoms with van der Waals surface area (Å²) in [6, 6.07) is 0. The first-order chi connectivity index (χ1) is 23.9. The average Bonchev–Trinajstić information content (AvgIpc) is 3.09. The number of hydrogen-bond donors (Lipinski definition) is 2. The highest BCUT2D eigenvalue weighted by Crippen LogP contribution is 2.43. The van der Waals surface area contributed by atoms with Crippen LogP contribution in [0, 0.1) is 0 Å². The summed E-state index contributed by atoms with van der Waals surface area (Å²) in [5.74, 6) is -0.313. The van der Waals surface area contributed by atoms with Gasteiger partial charge in [0.05, 0.1) is 13.2 Å². The summed E-state index contributed by atoms with van der Waals surface area (Å²) in [6.07, 6.45) is 37.6. The molecule has 0 aromatic rings. The molecule has 0 bridgehead atoms. The van der Waals surface area contributed by atoms with Gasteiger partial charge in [-0.05, 0) is 51.4 Å². The van der Waals surface area contributed by atoms with E-state index in [0.717, 1.165) is 32.1 Å². The summed E-state index contributed by atoms with van der Waals surface area (Å²) >= 11 is 0. The Morgan fingerprint density at radius 2 is 1.10 bits per heavy atom. The first kappa shape index (κ1) is 47.9. The zero-order valence-corrected chi connectivity index (χ0v) is 32.5. The van der Waals surface area contributed by atoms with Crippen molar-refractivity contribution in [3.05, 3.63) is 24.3 Å². The molecule has 9 nitrogen and oxygen atoms in total. The lowest BCUT2D eigenvalue weighted by atomic mass is 10.1. The molecule has 0 amide bonds. The molecule has 0 radical (unpaired) electrons. The van der Waals surface area contributed by atoms with E-state index in [2.05, 4.69) is 38.2 Å². The standard InChI is InChI=1S/C39H76NO8P/c1-3-5-7-9-11-13-15-17-19-21-23-25-27-29-31-39(41)45-35-38(36-48-49(42,43)47-34-32-40)46-37-44-33-30-28-26-24-22-20-18-16-14-12-10-8-6-4-2/h9-12,38H,3-8,13-37,40H2,1-2H3,(H,42,43)/b11-9-,12-10+/t38-/m0/s1. The second-order valence-corrected chi connectivity index (χ2v) is 14.5. The van der Waals surface area contributed by atoms with Gasteiger partial charge in [0, 0.05) is 19.6 Å². The van der Waals surface area contributed by atoms with Gasteiger partial charge in [-0.15, -0.1) is 0 Å². The Hall–Kier alpha value is -1.06. The fraction of sp³-hybridized carbons (Fsp3) is 0.872. The Kier molecular flexibility index (Phi) is 37.4. The zero-order valence-electron chi connectivity index (χ0n) is 31.6. The van der Waals surface area contributed by atoms with Crippen molar-refractivity contribution >= 4 is 13.8 Å². The van der Waals surface area contributed by atoms with Gasteiger partial charge >= 0.3 is 13.8 Å². The molecule has 0 aliphatic rings. The van der Waals surface area contributed by atoms with Gasteiger partial charge in [0.15, 0.2) is 0 Å². The van der Waals surface area contributed by atoms with Crippen molar-refractivity contribution in [1.29, 1.82) is 0 Å². The minimum atomic E-state index is -4.28. The molecule has 10 heteroatoms. The fourth-order valence-electron chi connectivity index (χ4n) is 5.22. The number of nitrogens with two attached hydrogens (primary N) is 1. The number of ether oxygens (including phenoxy) is 3. The van der Waals surface area contributed by atoms with Gasteiger partial charge in [-0.2, -0.15) is 0 Å². The highest BCUT2D eigenvalue weighted by Gasteiger charge is 2.24. The summed E-state index contributed by atoms with van der Waals surface area (Å²) in [5.41, 5.74) is 5.35. The van der Waals surface area contributed by atoms with Crippen molar-refractivity contribution in [2.75, 3.05) is 39.8 Å². The number of phosphoric acid groups is 1. The van der Waals surface area contributed by atoms with Crippen molar-refractivity contribution in [2.24, 2.45) is 5.73 Å². The number of allylic oxidation sites excluding steroid dienone is 4. The van der Waals surface area contributed by atoms with Crippen LogP contribution in [0.1, 0.15) is 174 Å². The largest absolute Gasteiger partial charge is 0.472 e. The number of esters is 1. The lowest BCUT2D eigenvalue weighted by Gasteiger charge is -2.19. The third-order valence-corrected chi connectivity index (χ3v) is 9.29. The van der Waals surface area contributed by atoms with Gasteiger partial charge in [0.2, 0.25) is 0 Å². The van der Waals surface area contributed by atoms with Crippen LogP contribution in [0.25, 0.3) is 0 Å². The van der Waals surface area contributed by atoms with Crippen molar-refractivity contribution in [3.63, 3.8) is 0 Å². The van der Waals surface area contributed by atoms with Crippen molar-refractivity contribution in [2.45, 2.75) is 180 Å². The third kappa shape index (κ3) is 38.0. The Bertz CT molecular complexity index is 810. The fourth-order valence-corrected chi connectivity index (χ4v) is 5.99. The number of rotatable bonds is 39. The van der Waals surface area contributed by atoms with Gasteiger partial charge in [0.25, 0.3) is 0 Å². The Morgan fingerprint density at radius 1 is 0.633 bits per heavy atom. The maximum absolute atomic E-state index is 12.3. The summed E-state index contributed by atoms with van der Waals surface area (Å²) < 4.78 is 38.6. The molecule has 0 heterocycles. The van der Waals surface area contributed by atoms with Crippen molar-refractivity contribution in [1.82, 2.24) is 0 Å². The molecule has 0 aromatic carbocycles. The van der Waals surface area contributed by atoms with Gasteiger partial charge in [-0.1, -0.05) is 141 Å². The Balaban J connectivity index is 4.04. The molecule has 49 heavy (non-hydrogen) atoms. The topological polar surface area (TPSA) is 127 Å². The Labute approximate surface area is 301 Å². The van der Waals surface area contributed by atoms with Crippen LogP contribution in [-0.2, 0) is 32.6 Å². The molecule has 3 N–H and O–H groups in total. The van der Waals surface area contributed by atoms with Crippen LogP contribution in [0.5, 0.6) is 0 Å². The predicted molar refractivity (Wildman–Crippen MR) is 202 cm³/mol. The molecule has 2 atom stereocenters. The molecule has 0 saturated carbocycles. The van der Waals surface area contributed by atoms with Gasteiger partial charge in [-0.3, -0.25) is 13.8 Å². The van der Waals surface area contributed by atoms with E-state index in [1.165, 1.54) is 122 Å². The molecular weight excluding hydrogens is 641 g/mol. The second kappa shape index (κ2) is 38.2. The second-order valence-electron chi connectivity index (χ2n) is 13.1. The molecule has 290 valence electrons. The van der Waals surface area contributed by atoms with Crippen LogP contribution in [0.15, 0.2) is 24.3 Å². The smallest absolute Gasteiger partial charge is 0.463 e.